The smallest absolute Gasteiger partial charge is 0.324 e. The average Bonchev–Trinajstić information content (AvgIpc) is 3.00. The van der Waals surface area contributed by atoms with E-state index in [-0.39, 0.29) is 31.2 Å². The van der Waals surface area contributed by atoms with Crippen LogP contribution >= 0.6 is 0 Å². The van der Waals surface area contributed by atoms with Crippen molar-refractivity contribution in [1.82, 2.24) is 0 Å². The van der Waals surface area contributed by atoms with Gasteiger partial charge in [0.25, 0.3) is 0 Å². The Morgan fingerprint density at radius 3 is 1.85 bits per heavy atom. The van der Waals surface area contributed by atoms with Gasteiger partial charge in [0, 0.05) is 12.8 Å². The van der Waals surface area contributed by atoms with Crippen molar-refractivity contribution in [3.05, 3.63) is 0 Å². The van der Waals surface area contributed by atoms with Gasteiger partial charge in [-0.15, -0.1) is 0 Å². The van der Waals surface area contributed by atoms with Crippen LogP contribution in [0.15, 0.2) is 0 Å². The first kappa shape index (κ1) is 16.5. The molecule has 0 radical (unpaired) electrons. The van der Waals surface area contributed by atoms with E-state index in [1.807, 2.05) is 0 Å². The third kappa shape index (κ3) is 3.71. The van der Waals surface area contributed by atoms with Crippen molar-refractivity contribution >= 4 is 17.9 Å². The van der Waals surface area contributed by atoms with Crippen LogP contribution in [0.3, 0.4) is 0 Å². The largest absolute Gasteiger partial charge is 0.466 e. The van der Waals surface area contributed by atoms with Crippen LogP contribution in [0, 0.1) is 11.3 Å². The van der Waals surface area contributed by atoms with E-state index >= 15 is 0 Å². The van der Waals surface area contributed by atoms with Gasteiger partial charge in [-0.25, -0.2) is 0 Å². The molecule has 20 heavy (non-hydrogen) atoms. The van der Waals surface area contributed by atoms with Crippen LogP contribution < -0.4 is 0 Å². The van der Waals surface area contributed by atoms with Crippen molar-refractivity contribution in [1.29, 1.82) is 0 Å². The maximum Gasteiger partial charge on any atom is 0.324 e. The predicted molar refractivity (Wildman–Crippen MR) is 69.6 cm³/mol. The molecule has 1 fully saturated rings. The molecule has 1 aliphatic rings. The summed E-state index contributed by atoms with van der Waals surface area (Å²) >= 11 is 0. The molecular weight excluding hydrogens is 264 g/mol. The molecule has 1 atom stereocenters. The van der Waals surface area contributed by atoms with E-state index in [9.17, 15) is 14.4 Å². The van der Waals surface area contributed by atoms with Gasteiger partial charge in [-0.3, -0.25) is 14.4 Å². The summed E-state index contributed by atoms with van der Waals surface area (Å²) in [6.45, 7) is 8.15. The van der Waals surface area contributed by atoms with Crippen molar-refractivity contribution < 1.29 is 28.6 Å². The van der Waals surface area contributed by atoms with Gasteiger partial charge in [0.2, 0.25) is 0 Å². The van der Waals surface area contributed by atoms with Gasteiger partial charge < -0.3 is 14.2 Å². The first-order valence-corrected chi connectivity index (χ1v) is 6.75. The Morgan fingerprint density at radius 2 is 1.50 bits per heavy atom. The number of rotatable bonds is 6. The van der Waals surface area contributed by atoms with Crippen LogP contribution in [0.25, 0.3) is 0 Å². The highest BCUT2D eigenvalue weighted by atomic mass is 16.6. The number of ether oxygens (including phenoxy) is 3. The lowest BCUT2D eigenvalue weighted by Gasteiger charge is -2.18. The topological polar surface area (TPSA) is 78.9 Å². The molecule has 1 unspecified atom stereocenters. The van der Waals surface area contributed by atoms with Gasteiger partial charge in [-0.2, -0.15) is 0 Å². The third-order valence-corrected chi connectivity index (χ3v) is 3.01. The van der Waals surface area contributed by atoms with Crippen LogP contribution in [0.5, 0.6) is 0 Å². The van der Waals surface area contributed by atoms with E-state index in [0.29, 0.717) is 0 Å². The van der Waals surface area contributed by atoms with E-state index in [1.165, 1.54) is 6.92 Å². The number of esters is 3. The fourth-order valence-corrected chi connectivity index (χ4v) is 1.97. The van der Waals surface area contributed by atoms with E-state index in [0.717, 1.165) is 0 Å². The normalized spacial score (nSPS) is 19.6. The van der Waals surface area contributed by atoms with E-state index < -0.39 is 23.3 Å². The second-order valence-electron chi connectivity index (χ2n) is 5.58. The minimum atomic E-state index is -1.32. The van der Waals surface area contributed by atoms with Crippen molar-refractivity contribution in [2.45, 2.75) is 53.2 Å². The Kier molecular flexibility index (Phi) is 5.14. The summed E-state index contributed by atoms with van der Waals surface area (Å²) < 4.78 is 15.2. The monoisotopic (exact) mass is 286 g/mol. The zero-order valence-electron chi connectivity index (χ0n) is 12.6. The zero-order chi connectivity index (χ0) is 15.5. The van der Waals surface area contributed by atoms with Gasteiger partial charge in [0.05, 0.1) is 18.8 Å². The molecule has 1 aliphatic carbocycles. The molecule has 0 bridgehead atoms. The first-order chi connectivity index (χ1) is 9.20. The summed E-state index contributed by atoms with van der Waals surface area (Å²) in [4.78, 5) is 35.1. The van der Waals surface area contributed by atoms with E-state index in [4.69, 9.17) is 14.2 Å². The van der Waals surface area contributed by atoms with Gasteiger partial charge >= 0.3 is 17.9 Å². The molecule has 0 aliphatic heterocycles. The number of hydrogen-bond acceptors (Lipinski definition) is 6. The highest BCUT2D eigenvalue weighted by Gasteiger charge is 2.68. The van der Waals surface area contributed by atoms with Gasteiger partial charge in [0.15, 0.2) is 5.41 Å². The fraction of sp³-hybridized carbons (Fsp3) is 0.786. The van der Waals surface area contributed by atoms with Crippen molar-refractivity contribution in [2.75, 3.05) is 6.61 Å². The second kappa shape index (κ2) is 6.24. The molecule has 1 rings (SSSR count). The first-order valence-electron chi connectivity index (χ1n) is 6.75. The fourth-order valence-electron chi connectivity index (χ4n) is 1.97. The standard InChI is InChI=1S/C14H22O6/c1-8(2)19-12(16)14(13(17)20-9(3)4)6-11(14)7-18-10(5)15/h8-9,11H,6-7H2,1-5H3. The molecular formula is C14H22O6. The Balaban J connectivity index is 2.79. The Bertz CT molecular complexity index is 376. The summed E-state index contributed by atoms with van der Waals surface area (Å²) in [7, 11) is 0. The highest BCUT2D eigenvalue weighted by molar-refractivity contribution is 6.04. The quantitative estimate of drug-likeness (QED) is 0.418. The molecule has 0 N–H and O–H groups in total. The molecule has 6 nitrogen and oxygen atoms in total. The number of carbonyl (C=O) groups excluding carboxylic acids is 3. The van der Waals surface area contributed by atoms with Crippen molar-refractivity contribution in [3.63, 3.8) is 0 Å². The Labute approximate surface area is 118 Å². The van der Waals surface area contributed by atoms with Crippen LogP contribution in [-0.2, 0) is 28.6 Å². The minimum absolute atomic E-state index is 0.0235. The highest BCUT2D eigenvalue weighted by Crippen LogP contribution is 2.55. The number of hydrogen-bond donors (Lipinski definition) is 0. The molecule has 1 saturated carbocycles. The summed E-state index contributed by atoms with van der Waals surface area (Å²) in [5.41, 5.74) is -1.32. The third-order valence-electron chi connectivity index (χ3n) is 3.01. The van der Waals surface area contributed by atoms with E-state index in [2.05, 4.69) is 0 Å². The average molecular weight is 286 g/mol. The molecule has 114 valence electrons. The molecule has 0 heterocycles. The zero-order valence-corrected chi connectivity index (χ0v) is 12.6. The molecule has 0 spiro atoms. The SMILES string of the molecule is CC(=O)OCC1CC1(C(=O)OC(C)C)C(=O)OC(C)C. The lowest BCUT2D eigenvalue weighted by molar-refractivity contribution is -0.171. The van der Waals surface area contributed by atoms with Crippen LogP contribution in [0.4, 0.5) is 0 Å². The molecule has 0 saturated heterocycles. The van der Waals surface area contributed by atoms with Crippen LogP contribution in [0.2, 0.25) is 0 Å². The molecule has 0 amide bonds. The molecule has 0 aromatic heterocycles. The Hall–Kier alpha value is -1.59. The maximum atomic E-state index is 12.2. The van der Waals surface area contributed by atoms with E-state index in [1.54, 1.807) is 27.7 Å². The van der Waals surface area contributed by atoms with Gasteiger partial charge in [0.1, 0.15) is 0 Å². The van der Waals surface area contributed by atoms with Crippen LogP contribution in [0.1, 0.15) is 41.0 Å². The molecule has 6 heteroatoms. The summed E-state index contributed by atoms with van der Waals surface area (Å²) in [6, 6.07) is 0. The van der Waals surface area contributed by atoms with Crippen molar-refractivity contribution in [2.24, 2.45) is 11.3 Å². The van der Waals surface area contributed by atoms with Crippen LogP contribution in [-0.4, -0.2) is 36.7 Å². The molecule has 0 aromatic rings. The Morgan fingerprint density at radius 1 is 1.05 bits per heavy atom. The summed E-state index contributed by atoms with van der Waals surface area (Å²) in [5, 5.41) is 0. The number of carbonyl (C=O) groups is 3. The maximum absolute atomic E-state index is 12.2. The predicted octanol–water partition coefficient (Wildman–Crippen LogP) is 1.46. The van der Waals surface area contributed by atoms with Gasteiger partial charge in [-0.1, -0.05) is 0 Å². The van der Waals surface area contributed by atoms with Gasteiger partial charge in [-0.05, 0) is 34.1 Å². The summed E-state index contributed by atoms with van der Waals surface area (Å²) in [6.07, 6.45) is -0.348. The second-order valence-corrected chi connectivity index (χ2v) is 5.58. The lowest BCUT2D eigenvalue weighted by Crippen LogP contribution is -2.35. The minimum Gasteiger partial charge on any atom is -0.466 e. The molecule has 0 aromatic carbocycles. The van der Waals surface area contributed by atoms with Crippen molar-refractivity contribution in [3.8, 4) is 0 Å². The lowest BCUT2D eigenvalue weighted by atomic mass is 10.0. The summed E-state index contributed by atoms with van der Waals surface area (Å²) in [5.74, 6) is -2.02.